The average molecular weight is 284 g/mol. The van der Waals surface area contributed by atoms with Gasteiger partial charge in [-0.25, -0.2) is 0 Å². The van der Waals surface area contributed by atoms with Gasteiger partial charge in [-0.2, -0.15) is 0 Å². The van der Waals surface area contributed by atoms with E-state index in [-0.39, 0.29) is 5.91 Å². The number of benzene rings is 2. The molecule has 1 amide bonds. The highest BCUT2D eigenvalue weighted by atomic mass is 16.5. The summed E-state index contributed by atoms with van der Waals surface area (Å²) in [7, 11) is 1.62. The number of methoxy groups -OCH3 is 1. The summed E-state index contributed by atoms with van der Waals surface area (Å²) in [5.41, 5.74) is 8.00. The zero-order valence-electron chi connectivity index (χ0n) is 12.1. The van der Waals surface area contributed by atoms with Crippen molar-refractivity contribution in [1.82, 2.24) is 5.32 Å². The molecule has 0 aliphatic carbocycles. The smallest absolute Gasteiger partial charge is 0.237 e. The molecule has 110 valence electrons. The largest absolute Gasteiger partial charge is 0.497 e. The van der Waals surface area contributed by atoms with Gasteiger partial charge in [0.2, 0.25) is 5.91 Å². The van der Waals surface area contributed by atoms with Crippen LogP contribution in [0.25, 0.3) is 0 Å². The molecule has 1 atom stereocenters. The second-order valence-corrected chi connectivity index (χ2v) is 4.86. The summed E-state index contributed by atoms with van der Waals surface area (Å²) in [5.74, 6) is 0.653. The summed E-state index contributed by atoms with van der Waals surface area (Å²) in [6.07, 6.45) is 0.537. The summed E-state index contributed by atoms with van der Waals surface area (Å²) in [4.78, 5) is 12.0. The number of nitrogens with one attached hydrogen (secondary N) is 1. The van der Waals surface area contributed by atoms with Crippen molar-refractivity contribution in [2.45, 2.75) is 19.0 Å². The lowest BCUT2D eigenvalue weighted by Gasteiger charge is -2.12. The highest BCUT2D eigenvalue weighted by Crippen LogP contribution is 2.11. The van der Waals surface area contributed by atoms with Gasteiger partial charge >= 0.3 is 0 Å². The van der Waals surface area contributed by atoms with E-state index in [0.29, 0.717) is 13.0 Å². The topological polar surface area (TPSA) is 64.3 Å². The minimum atomic E-state index is -0.536. The van der Waals surface area contributed by atoms with Crippen molar-refractivity contribution in [1.29, 1.82) is 0 Å². The molecule has 2 rings (SSSR count). The van der Waals surface area contributed by atoms with E-state index < -0.39 is 6.04 Å². The molecule has 3 N–H and O–H groups in total. The Balaban J connectivity index is 1.83. The molecule has 0 spiro atoms. The lowest BCUT2D eigenvalue weighted by molar-refractivity contribution is -0.122. The fourth-order valence-corrected chi connectivity index (χ4v) is 2.02. The second kappa shape index (κ2) is 7.45. The third kappa shape index (κ3) is 4.61. The maximum Gasteiger partial charge on any atom is 0.237 e. The Morgan fingerprint density at radius 3 is 2.38 bits per heavy atom. The highest BCUT2D eigenvalue weighted by molar-refractivity contribution is 5.81. The zero-order chi connectivity index (χ0) is 15.1. The first-order valence-corrected chi connectivity index (χ1v) is 6.89. The van der Waals surface area contributed by atoms with Crippen LogP contribution in [0.3, 0.4) is 0 Å². The van der Waals surface area contributed by atoms with Crippen molar-refractivity contribution < 1.29 is 9.53 Å². The number of ether oxygens (including phenoxy) is 1. The lowest BCUT2D eigenvalue weighted by atomic mass is 10.1. The van der Waals surface area contributed by atoms with E-state index in [2.05, 4.69) is 5.32 Å². The molecule has 0 saturated heterocycles. The molecule has 21 heavy (non-hydrogen) atoms. The third-order valence-corrected chi connectivity index (χ3v) is 3.26. The molecule has 0 saturated carbocycles. The molecule has 0 aliphatic heterocycles. The second-order valence-electron chi connectivity index (χ2n) is 4.86. The molecule has 0 fully saturated rings. The van der Waals surface area contributed by atoms with Crippen molar-refractivity contribution >= 4 is 5.91 Å². The van der Waals surface area contributed by atoms with Crippen LogP contribution < -0.4 is 15.8 Å². The molecule has 0 heterocycles. The van der Waals surface area contributed by atoms with Gasteiger partial charge in [0.1, 0.15) is 5.75 Å². The van der Waals surface area contributed by atoms with E-state index in [1.54, 1.807) is 7.11 Å². The Morgan fingerprint density at radius 1 is 1.10 bits per heavy atom. The Bertz CT molecular complexity index is 567. The van der Waals surface area contributed by atoms with E-state index in [0.717, 1.165) is 16.9 Å². The molecular formula is C17H20N2O2. The van der Waals surface area contributed by atoms with Crippen LogP contribution in [-0.2, 0) is 17.8 Å². The van der Waals surface area contributed by atoms with Crippen molar-refractivity contribution in [2.24, 2.45) is 5.73 Å². The summed E-state index contributed by atoms with van der Waals surface area (Å²) in [6, 6.07) is 16.8. The van der Waals surface area contributed by atoms with Crippen LogP contribution in [0.2, 0.25) is 0 Å². The Labute approximate surface area is 124 Å². The van der Waals surface area contributed by atoms with E-state index in [1.807, 2.05) is 54.6 Å². The molecule has 4 nitrogen and oxygen atoms in total. The number of nitrogens with two attached hydrogens (primary N) is 1. The molecule has 4 heteroatoms. The summed E-state index contributed by atoms with van der Waals surface area (Å²) in [6.45, 7) is 0.464. The molecule has 0 aromatic heterocycles. The van der Waals surface area contributed by atoms with Crippen molar-refractivity contribution in [3.8, 4) is 5.75 Å². The maximum absolute atomic E-state index is 12.0. The molecule has 1 unspecified atom stereocenters. The normalized spacial score (nSPS) is 11.7. The number of rotatable bonds is 6. The third-order valence-electron chi connectivity index (χ3n) is 3.26. The molecule has 2 aromatic carbocycles. The highest BCUT2D eigenvalue weighted by Gasteiger charge is 2.13. The van der Waals surface area contributed by atoms with Crippen LogP contribution in [0.4, 0.5) is 0 Å². The van der Waals surface area contributed by atoms with Crippen LogP contribution in [0.15, 0.2) is 54.6 Å². The molecule has 0 radical (unpaired) electrons. The predicted octanol–water partition coefficient (Wildman–Crippen LogP) is 1.88. The number of carbonyl (C=O) groups excluding carboxylic acids is 1. The maximum atomic E-state index is 12.0. The Hall–Kier alpha value is -2.33. The van der Waals surface area contributed by atoms with Gasteiger partial charge in [0.25, 0.3) is 0 Å². The standard InChI is InChI=1S/C17H20N2O2/c1-21-15-9-7-14(8-10-15)12-19-17(20)16(18)11-13-5-3-2-4-6-13/h2-10,16H,11-12,18H2,1H3,(H,19,20). The van der Waals surface area contributed by atoms with E-state index in [4.69, 9.17) is 10.5 Å². The first-order valence-electron chi connectivity index (χ1n) is 6.89. The van der Waals surface area contributed by atoms with Gasteiger partial charge in [-0.15, -0.1) is 0 Å². The van der Waals surface area contributed by atoms with Gasteiger partial charge < -0.3 is 15.8 Å². The number of hydrogen-bond acceptors (Lipinski definition) is 3. The number of hydrogen-bond donors (Lipinski definition) is 2. The molecule has 2 aromatic rings. The first-order chi connectivity index (χ1) is 10.2. The van der Waals surface area contributed by atoms with Gasteiger partial charge in [0.15, 0.2) is 0 Å². The monoisotopic (exact) mass is 284 g/mol. The van der Waals surface area contributed by atoms with Crippen molar-refractivity contribution in [3.05, 3.63) is 65.7 Å². The number of carbonyl (C=O) groups is 1. The van der Waals surface area contributed by atoms with Crippen molar-refractivity contribution in [2.75, 3.05) is 7.11 Å². The van der Waals surface area contributed by atoms with Gasteiger partial charge in [-0.3, -0.25) is 4.79 Å². The molecule has 0 bridgehead atoms. The average Bonchev–Trinajstić information content (AvgIpc) is 2.54. The van der Waals surface area contributed by atoms with Crippen LogP contribution in [-0.4, -0.2) is 19.1 Å². The lowest BCUT2D eigenvalue weighted by Crippen LogP contribution is -2.41. The quantitative estimate of drug-likeness (QED) is 0.851. The van der Waals surface area contributed by atoms with Crippen molar-refractivity contribution in [3.63, 3.8) is 0 Å². The Kier molecular flexibility index (Phi) is 5.35. The van der Waals surface area contributed by atoms with Crippen LogP contribution >= 0.6 is 0 Å². The predicted molar refractivity (Wildman–Crippen MR) is 83.0 cm³/mol. The van der Waals surface area contributed by atoms with Gasteiger partial charge in [0.05, 0.1) is 13.2 Å². The Morgan fingerprint density at radius 2 is 1.76 bits per heavy atom. The van der Waals surface area contributed by atoms with Crippen LogP contribution in [0.5, 0.6) is 5.75 Å². The minimum Gasteiger partial charge on any atom is -0.497 e. The van der Waals surface area contributed by atoms with E-state index >= 15 is 0 Å². The van der Waals surface area contributed by atoms with Gasteiger partial charge in [-0.05, 0) is 29.7 Å². The van der Waals surface area contributed by atoms with Crippen LogP contribution in [0.1, 0.15) is 11.1 Å². The van der Waals surface area contributed by atoms with E-state index in [1.165, 1.54) is 0 Å². The van der Waals surface area contributed by atoms with E-state index in [9.17, 15) is 4.79 Å². The minimum absolute atomic E-state index is 0.144. The fraction of sp³-hybridized carbons (Fsp3) is 0.235. The molecule has 0 aliphatic rings. The summed E-state index contributed by atoms with van der Waals surface area (Å²) < 4.78 is 5.09. The molecular weight excluding hydrogens is 264 g/mol. The number of amides is 1. The van der Waals surface area contributed by atoms with Crippen LogP contribution in [0, 0.1) is 0 Å². The summed E-state index contributed by atoms with van der Waals surface area (Å²) in [5, 5.41) is 2.85. The van der Waals surface area contributed by atoms with Gasteiger partial charge in [-0.1, -0.05) is 42.5 Å². The SMILES string of the molecule is COc1ccc(CNC(=O)C(N)Cc2ccccc2)cc1. The summed E-state index contributed by atoms with van der Waals surface area (Å²) >= 11 is 0. The van der Waals surface area contributed by atoms with Gasteiger partial charge in [0, 0.05) is 6.54 Å². The first kappa shape index (κ1) is 15.1. The fourth-order valence-electron chi connectivity index (χ4n) is 2.02. The zero-order valence-corrected chi connectivity index (χ0v) is 12.1.